The fourth-order valence-corrected chi connectivity index (χ4v) is 6.94. The predicted octanol–water partition coefficient (Wildman–Crippen LogP) is 5.81. The van der Waals surface area contributed by atoms with Gasteiger partial charge in [-0.1, -0.05) is 0 Å². The molecule has 0 atom stereocenters. The Morgan fingerprint density at radius 3 is 0.870 bits per heavy atom. The fourth-order valence-electron chi connectivity index (χ4n) is 1.83. The van der Waals surface area contributed by atoms with E-state index in [0.717, 1.165) is 0 Å². The summed E-state index contributed by atoms with van der Waals surface area (Å²) in [4.78, 5) is -1.44. The summed E-state index contributed by atoms with van der Waals surface area (Å²) in [5.74, 6) is 0. The summed E-state index contributed by atoms with van der Waals surface area (Å²) in [6.07, 6.45) is -1.42. The molecule has 0 unspecified atom stereocenters. The molecular weight excluding hydrogens is 338 g/mol. The van der Waals surface area contributed by atoms with Gasteiger partial charge < -0.3 is 18.1 Å². The van der Waals surface area contributed by atoms with E-state index in [2.05, 4.69) is 0 Å². The van der Waals surface area contributed by atoms with E-state index in [-0.39, 0.29) is 24.4 Å². The third-order valence-electron chi connectivity index (χ3n) is 2.74. The standard InChI is InChI=1S/C15H34O6P2/c1-11(2)18-22(16,19-12(3)4)15(9,10)23(17,20-13(5)6)21-14(7)8/h11-14H,1-10H3. The largest absolute Gasteiger partial charge is 0.348 e. The first-order valence-corrected chi connectivity index (χ1v) is 11.2. The van der Waals surface area contributed by atoms with Gasteiger partial charge in [-0.05, 0) is 69.2 Å². The number of hydrogen-bond acceptors (Lipinski definition) is 6. The SMILES string of the molecule is CC(C)OP(=O)(OC(C)C)C(C)(C)P(=O)(OC(C)C)OC(C)C. The molecule has 0 fully saturated rings. The molecule has 8 heteroatoms. The van der Waals surface area contributed by atoms with Crippen molar-refractivity contribution in [1.29, 1.82) is 0 Å². The van der Waals surface area contributed by atoms with Crippen LogP contribution in [0, 0.1) is 0 Å². The minimum atomic E-state index is -3.78. The van der Waals surface area contributed by atoms with Crippen LogP contribution < -0.4 is 0 Å². The molecule has 0 saturated heterocycles. The van der Waals surface area contributed by atoms with Gasteiger partial charge in [0.1, 0.15) is 0 Å². The molecule has 0 spiro atoms. The zero-order valence-corrected chi connectivity index (χ0v) is 17.9. The highest BCUT2D eigenvalue weighted by molar-refractivity contribution is 7.74. The molecule has 0 heterocycles. The quantitative estimate of drug-likeness (QED) is 0.451. The van der Waals surface area contributed by atoms with E-state index in [0.29, 0.717) is 0 Å². The second-order valence-corrected chi connectivity index (χ2v) is 12.5. The second kappa shape index (κ2) is 8.60. The lowest BCUT2D eigenvalue weighted by atomic mass is 10.5. The second-order valence-electron chi connectivity index (χ2n) is 7.11. The highest BCUT2D eigenvalue weighted by atomic mass is 31.2. The molecule has 23 heavy (non-hydrogen) atoms. The van der Waals surface area contributed by atoms with Crippen molar-refractivity contribution in [1.82, 2.24) is 0 Å². The molecule has 0 saturated carbocycles. The fraction of sp³-hybridized carbons (Fsp3) is 1.00. The summed E-state index contributed by atoms with van der Waals surface area (Å²) in [6.45, 7) is 17.2. The Bertz CT molecular complexity index is 389. The maximum Gasteiger partial charge on any atom is 0.348 e. The van der Waals surface area contributed by atoms with Crippen LogP contribution in [0.3, 0.4) is 0 Å². The average Bonchev–Trinajstić information content (AvgIpc) is 2.22. The van der Waals surface area contributed by atoms with Crippen molar-refractivity contribution in [3.05, 3.63) is 0 Å². The Labute approximate surface area is 141 Å². The summed E-state index contributed by atoms with van der Waals surface area (Å²) in [5.41, 5.74) is 0. The van der Waals surface area contributed by atoms with Crippen molar-refractivity contribution in [3.63, 3.8) is 0 Å². The lowest BCUT2D eigenvalue weighted by Gasteiger charge is -2.40. The molecule has 0 aromatic rings. The van der Waals surface area contributed by atoms with E-state index in [1.54, 1.807) is 69.2 Å². The molecule has 0 rings (SSSR count). The molecule has 0 aliphatic rings. The van der Waals surface area contributed by atoms with E-state index in [4.69, 9.17) is 18.1 Å². The molecule has 0 aromatic heterocycles. The first-order chi connectivity index (χ1) is 10.2. The molecule has 0 aliphatic heterocycles. The zero-order chi connectivity index (χ0) is 18.6. The van der Waals surface area contributed by atoms with Gasteiger partial charge >= 0.3 is 15.2 Å². The normalized spacial score (nSPS) is 14.5. The molecule has 6 nitrogen and oxygen atoms in total. The summed E-state index contributed by atoms with van der Waals surface area (Å²) in [7, 11) is -7.56. The molecule has 0 radical (unpaired) electrons. The van der Waals surface area contributed by atoms with Crippen LogP contribution in [0.1, 0.15) is 69.2 Å². The van der Waals surface area contributed by atoms with Gasteiger partial charge in [0.2, 0.25) is 0 Å². The third kappa shape index (κ3) is 6.26. The highest BCUT2D eigenvalue weighted by Crippen LogP contribution is 2.78. The number of rotatable bonds is 10. The van der Waals surface area contributed by atoms with Crippen LogP contribution in [-0.2, 0) is 27.2 Å². The molecule has 0 aromatic carbocycles. The Morgan fingerprint density at radius 2 is 0.739 bits per heavy atom. The van der Waals surface area contributed by atoms with E-state index in [1.165, 1.54) is 0 Å². The van der Waals surface area contributed by atoms with Crippen LogP contribution in [0.4, 0.5) is 0 Å². The van der Waals surface area contributed by atoms with Crippen LogP contribution in [0.25, 0.3) is 0 Å². The third-order valence-corrected chi connectivity index (χ3v) is 9.69. The van der Waals surface area contributed by atoms with Crippen LogP contribution in [0.5, 0.6) is 0 Å². The average molecular weight is 372 g/mol. The Balaban J connectivity index is 6.02. The van der Waals surface area contributed by atoms with Crippen LogP contribution in [-0.4, -0.2) is 29.3 Å². The van der Waals surface area contributed by atoms with Gasteiger partial charge in [0, 0.05) is 0 Å². The van der Waals surface area contributed by atoms with Crippen LogP contribution in [0.2, 0.25) is 0 Å². The maximum atomic E-state index is 13.5. The van der Waals surface area contributed by atoms with Crippen molar-refractivity contribution in [3.8, 4) is 0 Å². The Hall–Kier alpha value is 0.300. The Kier molecular flexibility index (Phi) is 8.71. The van der Waals surface area contributed by atoms with Crippen molar-refractivity contribution < 1.29 is 27.2 Å². The van der Waals surface area contributed by atoms with Gasteiger partial charge in [-0.2, -0.15) is 0 Å². The Morgan fingerprint density at radius 1 is 0.565 bits per heavy atom. The summed E-state index contributed by atoms with van der Waals surface area (Å²) >= 11 is 0. The molecule has 0 amide bonds. The van der Waals surface area contributed by atoms with Crippen molar-refractivity contribution in [2.45, 2.75) is 98.6 Å². The zero-order valence-electron chi connectivity index (χ0n) is 16.2. The van der Waals surface area contributed by atoms with E-state index < -0.39 is 20.1 Å². The maximum absolute atomic E-state index is 13.5. The van der Waals surface area contributed by atoms with Crippen LogP contribution in [0.15, 0.2) is 0 Å². The smallest absolute Gasteiger partial charge is 0.305 e. The van der Waals surface area contributed by atoms with E-state index in [1.807, 2.05) is 0 Å². The molecule has 0 bridgehead atoms. The van der Waals surface area contributed by atoms with Gasteiger partial charge in [-0.3, -0.25) is 9.13 Å². The monoisotopic (exact) mass is 372 g/mol. The van der Waals surface area contributed by atoms with Crippen LogP contribution >= 0.6 is 15.2 Å². The predicted molar refractivity (Wildman–Crippen MR) is 94.2 cm³/mol. The van der Waals surface area contributed by atoms with Gasteiger partial charge in [-0.15, -0.1) is 0 Å². The van der Waals surface area contributed by atoms with Gasteiger partial charge in [0.25, 0.3) is 0 Å². The van der Waals surface area contributed by atoms with Gasteiger partial charge in [0.05, 0.1) is 24.4 Å². The molecule has 0 aliphatic carbocycles. The molecular formula is C15H34O6P2. The van der Waals surface area contributed by atoms with E-state index in [9.17, 15) is 9.13 Å². The lowest BCUT2D eigenvalue weighted by molar-refractivity contribution is 0.113. The first kappa shape index (κ1) is 23.3. The lowest BCUT2D eigenvalue weighted by Crippen LogP contribution is -2.30. The first-order valence-electron chi connectivity index (χ1n) is 8.10. The molecule has 140 valence electrons. The van der Waals surface area contributed by atoms with Crippen molar-refractivity contribution in [2.75, 3.05) is 0 Å². The van der Waals surface area contributed by atoms with Crippen molar-refractivity contribution in [2.24, 2.45) is 0 Å². The van der Waals surface area contributed by atoms with Gasteiger partial charge in [0.15, 0.2) is 4.90 Å². The topological polar surface area (TPSA) is 71.1 Å². The summed E-state index contributed by atoms with van der Waals surface area (Å²) < 4.78 is 49.5. The summed E-state index contributed by atoms with van der Waals surface area (Å²) in [5, 5.41) is 0. The van der Waals surface area contributed by atoms with E-state index >= 15 is 0 Å². The number of hydrogen-bond donors (Lipinski definition) is 0. The molecule has 0 N–H and O–H groups in total. The van der Waals surface area contributed by atoms with Crippen molar-refractivity contribution >= 4 is 15.2 Å². The highest BCUT2D eigenvalue weighted by Gasteiger charge is 2.60. The summed E-state index contributed by atoms with van der Waals surface area (Å²) in [6, 6.07) is 0. The van der Waals surface area contributed by atoms with Gasteiger partial charge in [-0.25, -0.2) is 0 Å². The minimum Gasteiger partial charge on any atom is -0.305 e. The minimum absolute atomic E-state index is 0.356.